The van der Waals surface area contributed by atoms with Crippen molar-refractivity contribution in [3.63, 3.8) is 0 Å². The minimum absolute atomic E-state index is 0.112. The number of nitrogens with two attached hydrogens (primary N) is 1. The van der Waals surface area contributed by atoms with Crippen LogP contribution in [-0.4, -0.2) is 39.7 Å². The smallest absolute Gasteiger partial charge is 0.149 e. The molecule has 1 saturated carbocycles. The number of hydrogen-bond donors (Lipinski definition) is 1. The van der Waals surface area contributed by atoms with Crippen molar-refractivity contribution in [2.75, 3.05) is 25.2 Å². The van der Waals surface area contributed by atoms with E-state index in [0.717, 1.165) is 12.8 Å². The first-order chi connectivity index (χ1) is 7.03. The van der Waals surface area contributed by atoms with Crippen molar-refractivity contribution < 1.29 is 13.2 Å². The molecule has 90 valence electrons. The maximum Gasteiger partial charge on any atom is 0.149 e. The summed E-state index contributed by atoms with van der Waals surface area (Å²) >= 11 is 0. The second-order valence-corrected chi connectivity index (χ2v) is 6.58. The van der Waals surface area contributed by atoms with Crippen molar-refractivity contribution in [3.05, 3.63) is 0 Å². The summed E-state index contributed by atoms with van der Waals surface area (Å²) in [7, 11) is -2.91. The summed E-state index contributed by atoms with van der Waals surface area (Å²) in [6, 6.07) is 0. The van der Waals surface area contributed by atoms with Crippen molar-refractivity contribution in [1.82, 2.24) is 0 Å². The molecule has 0 amide bonds. The van der Waals surface area contributed by atoms with Gasteiger partial charge in [0.1, 0.15) is 9.84 Å². The van der Waals surface area contributed by atoms with Crippen LogP contribution in [0.15, 0.2) is 0 Å². The van der Waals surface area contributed by atoms with E-state index in [-0.39, 0.29) is 11.9 Å². The summed E-state index contributed by atoms with van der Waals surface area (Å²) < 4.78 is 27.4. The van der Waals surface area contributed by atoms with Crippen molar-refractivity contribution in [2.24, 2.45) is 11.7 Å². The normalized spacial score (nSPS) is 27.9. The van der Waals surface area contributed by atoms with Crippen LogP contribution in [0, 0.1) is 5.92 Å². The van der Waals surface area contributed by atoms with Crippen LogP contribution in [-0.2, 0) is 14.6 Å². The third kappa shape index (κ3) is 4.95. The molecule has 0 spiro atoms. The zero-order valence-corrected chi connectivity index (χ0v) is 10.1. The molecule has 2 atom stereocenters. The number of rotatable bonds is 5. The third-order valence-electron chi connectivity index (χ3n) is 2.93. The van der Waals surface area contributed by atoms with Crippen LogP contribution in [0.3, 0.4) is 0 Å². The van der Waals surface area contributed by atoms with Gasteiger partial charge in [0.15, 0.2) is 0 Å². The van der Waals surface area contributed by atoms with Crippen molar-refractivity contribution in [2.45, 2.75) is 31.8 Å². The standard InChI is InChI=1S/C10H21NO3S/c1-15(12,13)7-6-14-10-5-3-2-4-9(10)8-11/h9-10H,2-8,11H2,1H3. The largest absolute Gasteiger partial charge is 0.377 e. The van der Waals surface area contributed by atoms with E-state index >= 15 is 0 Å². The molecule has 2 unspecified atom stereocenters. The van der Waals surface area contributed by atoms with E-state index in [2.05, 4.69) is 0 Å². The van der Waals surface area contributed by atoms with Crippen molar-refractivity contribution in [1.29, 1.82) is 0 Å². The zero-order chi connectivity index (χ0) is 11.3. The molecule has 0 aromatic rings. The van der Waals surface area contributed by atoms with E-state index in [1.807, 2.05) is 0 Å². The maximum atomic E-state index is 10.9. The first-order valence-electron chi connectivity index (χ1n) is 5.52. The van der Waals surface area contributed by atoms with Gasteiger partial charge in [0, 0.05) is 6.26 Å². The summed E-state index contributed by atoms with van der Waals surface area (Å²) in [6.45, 7) is 0.948. The molecule has 0 aromatic heterocycles. The van der Waals surface area contributed by atoms with Gasteiger partial charge < -0.3 is 10.5 Å². The molecule has 1 rings (SSSR count). The van der Waals surface area contributed by atoms with Crippen LogP contribution >= 0.6 is 0 Å². The van der Waals surface area contributed by atoms with Crippen molar-refractivity contribution in [3.8, 4) is 0 Å². The minimum Gasteiger partial charge on any atom is -0.377 e. The molecule has 0 bridgehead atoms. The Bertz CT molecular complexity index is 276. The highest BCUT2D eigenvalue weighted by molar-refractivity contribution is 7.90. The minimum atomic E-state index is -2.91. The predicted molar refractivity (Wildman–Crippen MR) is 60.5 cm³/mol. The van der Waals surface area contributed by atoms with Gasteiger partial charge in [-0.1, -0.05) is 12.8 Å². The van der Waals surface area contributed by atoms with Crippen LogP contribution in [0.1, 0.15) is 25.7 Å². The Morgan fingerprint density at radius 3 is 2.60 bits per heavy atom. The molecule has 4 nitrogen and oxygen atoms in total. The molecule has 1 fully saturated rings. The van der Waals surface area contributed by atoms with Crippen molar-refractivity contribution >= 4 is 9.84 Å². The lowest BCUT2D eigenvalue weighted by atomic mass is 9.86. The summed E-state index contributed by atoms with van der Waals surface area (Å²) in [5, 5.41) is 0. The van der Waals surface area contributed by atoms with Gasteiger partial charge in [-0.2, -0.15) is 0 Å². The Morgan fingerprint density at radius 1 is 1.33 bits per heavy atom. The van der Waals surface area contributed by atoms with Gasteiger partial charge in [-0.3, -0.25) is 0 Å². The lowest BCUT2D eigenvalue weighted by Crippen LogP contribution is -2.34. The number of hydrogen-bond acceptors (Lipinski definition) is 4. The summed E-state index contributed by atoms with van der Waals surface area (Å²) in [4.78, 5) is 0. The highest BCUT2D eigenvalue weighted by atomic mass is 32.2. The predicted octanol–water partition coefficient (Wildman–Crippen LogP) is 0.565. The second-order valence-electron chi connectivity index (χ2n) is 4.32. The molecule has 0 heterocycles. The van der Waals surface area contributed by atoms with Gasteiger partial charge >= 0.3 is 0 Å². The van der Waals surface area contributed by atoms with Gasteiger partial charge in [0.2, 0.25) is 0 Å². The lowest BCUT2D eigenvalue weighted by molar-refractivity contribution is -0.0000900. The molecule has 15 heavy (non-hydrogen) atoms. The maximum absolute atomic E-state index is 10.9. The second kappa shape index (κ2) is 5.82. The van der Waals surface area contributed by atoms with Crippen LogP contribution < -0.4 is 5.73 Å². The molecule has 1 aliphatic rings. The molecule has 0 aromatic carbocycles. The first-order valence-corrected chi connectivity index (χ1v) is 7.58. The lowest BCUT2D eigenvalue weighted by Gasteiger charge is -2.30. The Balaban J connectivity index is 2.29. The van der Waals surface area contributed by atoms with Gasteiger partial charge in [0.25, 0.3) is 0 Å². The average molecular weight is 235 g/mol. The molecule has 5 heteroatoms. The molecule has 0 aliphatic heterocycles. The molecular weight excluding hydrogens is 214 g/mol. The Kier molecular flexibility index (Phi) is 5.02. The number of sulfone groups is 1. The van der Waals surface area contributed by atoms with E-state index in [1.54, 1.807) is 0 Å². The van der Waals surface area contributed by atoms with Crippen LogP contribution in [0.5, 0.6) is 0 Å². The van der Waals surface area contributed by atoms with E-state index in [4.69, 9.17) is 10.5 Å². The Hall–Kier alpha value is -0.130. The Labute approximate surface area is 92.1 Å². The fourth-order valence-corrected chi connectivity index (χ4v) is 2.41. The van der Waals surface area contributed by atoms with Gasteiger partial charge in [0.05, 0.1) is 18.5 Å². The number of ether oxygens (including phenoxy) is 1. The molecule has 1 aliphatic carbocycles. The summed E-state index contributed by atoms with van der Waals surface area (Å²) in [5.41, 5.74) is 5.65. The average Bonchev–Trinajstić information content (AvgIpc) is 2.16. The van der Waals surface area contributed by atoms with Gasteiger partial charge in [-0.25, -0.2) is 8.42 Å². The van der Waals surface area contributed by atoms with Gasteiger partial charge in [-0.15, -0.1) is 0 Å². The fourth-order valence-electron chi connectivity index (χ4n) is 2.01. The summed E-state index contributed by atoms with van der Waals surface area (Å²) in [6.07, 6.45) is 5.92. The Morgan fingerprint density at radius 2 is 2.00 bits per heavy atom. The molecule has 0 radical (unpaired) electrons. The fraction of sp³-hybridized carbons (Fsp3) is 1.00. The molecular formula is C10H21NO3S. The van der Waals surface area contributed by atoms with E-state index in [9.17, 15) is 8.42 Å². The zero-order valence-electron chi connectivity index (χ0n) is 9.31. The van der Waals surface area contributed by atoms with Crippen LogP contribution in [0.4, 0.5) is 0 Å². The molecule has 0 saturated heterocycles. The monoisotopic (exact) mass is 235 g/mol. The van der Waals surface area contributed by atoms with Crippen LogP contribution in [0.2, 0.25) is 0 Å². The van der Waals surface area contributed by atoms with E-state index < -0.39 is 9.84 Å². The topological polar surface area (TPSA) is 69.4 Å². The summed E-state index contributed by atoms with van der Waals surface area (Å²) in [5.74, 6) is 0.527. The highest BCUT2D eigenvalue weighted by Crippen LogP contribution is 2.25. The van der Waals surface area contributed by atoms with Gasteiger partial charge in [-0.05, 0) is 25.3 Å². The highest BCUT2D eigenvalue weighted by Gasteiger charge is 2.24. The third-order valence-corrected chi connectivity index (χ3v) is 3.84. The van der Waals surface area contributed by atoms with E-state index in [1.165, 1.54) is 19.1 Å². The van der Waals surface area contributed by atoms with Crippen LogP contribution in [0.25, 0.3) is 0 Å². The first kappa shape index (κ1) is 12.9. The van der Waals surface area contributed by atoms with E-state index in [0.29, 0.717) is 19.1 Å². The SMILES string of the molecule is CS(=O)(=O)CCOC1CCCCC1CN. The quantitative estimate of drug-likeness (QED) is 0.756. The molecule has 2 N–H and O–H groups in total.